The van der Waals surface area contributed by atoms with Crippen LogP contribution in [0.1, 0.15) is 0 Å². The Morgan fingerprint density at radius 3 is 2.79 bits per heavy atom. The molecule has 4 nitrogen and oxygen atoms in total. The van der Waals surface area contributed by atoms with E-state index >= 15 is 0 Å². The molecule has 1 aromatic carbocycles. The van der Waals surface area contributed by atoms with Crippen LogP contribution in [0.4, 0.5) is 14.9 Å². The first-order chi connectivity index (χ1) is 6.50. The number of amides is 2. The van der Waals surface area contributed by atoms with Gasteiger partial charge in [-0.15, -0.1) is 0 Å². The van der Waals surface area contributed by atoms with Gasteiger partial charge in [0.25, 0.3) is 0 Å². The summed E-state index contributed by atoms with van der Waals surface area (Å²) < 4.78 is 13.3. The van der Waals surface area contributed by atoms with E-state index in [9.17, 15) is 9.18 Å². The highest BCUT2D eigenvalue weighted by atomic mass is 79.9. The molecule has 0 aliphatic rings. The normalized spacial score (nSPS) is 9.71. The molecule has 76 valence electrons. The molecule has 6 heteroatoms. The van der Waals surface area contributed by atoms with Crippen molar-refractivity contribution in [2.75, 3.05) is 12.4 Å². The van der Waals surface area contributed by atoms with Crippen LogP contribution in [0.3, 0.4) is 0 Å². The van der Waals surface area contributed by atoms with Gasteiger partial charge in [-0.1, -0.05) is 0 Å². The number of anilines is 1. The fraction of sp³-hybridized carbons (Fsp3) is 0.125. The number of hydrogen-bond acceptors (Lipinski definition) is 2. The Hall–Kier alpha value is -1.14. The number of nitrogens with two attached hydrogens (primary N) is 1. The highest BCUT2D eigenvalue weighted by molar-refractivity contribution is 9.10. The van der Waals surface area contributed by atoms with Crippen molar-refractivity contribution in [1.29, 1.82) is 0 Å². The summed E-state index contributed by atoms with van der Waals surface area (Å²) in [4.78, 5) is 11.1. The average Bonchev–Trinajstić information content (AvgIpc) is 2.11. The number of carbonyl (C=O) groups is 1. The lowest BCUT2D eigenvalue weighted by molar-refractivity contribution is 0.223. The van der Waals surface area contributed by atoms with Crippen molar-refractivity contribution in [3.63, 3.8) is 0 Å². The van der Waals surface area contributed by atoms with Gasteiger partial charge in [0.15, 0.2) is 0 Å². The number of nitrogens with one attached hydrogen (secondary N) is 1. The topological polar surface area (TPSA) is 58.4 Å². The van der Waals surface area contributed by atoms with Crippen LogP contribution in [-0.4, -0.2) is 18.1 Å². The number of rotatable bonds is 1. The van der Waals surface area contributed by atoms with Gasteiger partial charge in [0.2, 0.25) is 0 Å². The molecule has 1 aromatic rings. The van der Waals surface area contributed by atoms with Gasteiger partial charge < -0.3 is 5.32 Å². The van der Waals surface area contributed by atoms with E-state index in [1.165, 1.54) is 19.2 Å². The zero-order chi connectivity index (χ0) is 10.7. The second-order valence-electron chi connectivity index (χ2n) is 2.67. The lowest BCUT2D eigenvalue weighted by Gasteiger charge is -2.11. The van der Waals surface area contributed by atoms with Crippen molar-refractivity contribution >= 4 is 27.6 Å². The Bertz CT molecular complexity index is 356. The van der Waals surface area contributed by atoms with Gasteiger partial charge in [0.1, 0.15) is 5.82 Å². The summed E-state index contributed by atoms with van der Waals surface area (Å²) in [6, 6.07) is 3.76. The summed E-state index contributed by atoms with van der Waals surface area (Å²) in [5.74, 6) is 4.73. The largest absolute Gasteiger partial charge is 0.335 e. The molecule has 0 bridgehead atoms. The summed E-state index contributed by atoms with van der Waals surface area (Å²) in [6.07, 6.45) is 0. The Labute approximate surface area is 89.0 Å². The van der Waals surface area contributed by atoms with Crippen molar-refractivity contribution in [2.24, 2.45) is 5.84 Å². The van der Waals surface area contributed by atoms with E-state index in [1.807, 2.05) is 0 Å². The first-order valence-corrected chi connectivity index (χ1v) is 4.54. The summed E-state index contributed by atoms with van der Waals surface area (Å²) in [6.45, 7) is 0. The van der Waals surface area contributed by atoms with Gasteiger partial charge in [-0.2, -0.15) is 0 Å². The number of hydrogen-bond donors (Lipinski definition) is 2. The molecule has 0 unspecified atom stereocenters. The predicted octanol–water partition coefficient (Wildman–Crippen LogP) is 1.93. The van der Waals surface area contributed by atoms with Crippen molar-refractivity contribution in [3.05, 3.63) is 28.5 Å². The smallest absolute Gasteiger partial charge is 0.307 e. The first kappa shape index (κ1) is 10.9. The molecule has 0 fully saturated rings. The van der Waals surface area contributed by atoms with Gasteiger partial charge in [-0.25, -0.2) is 15.0 Å². The minimum absolute atomic E-state index is 0.344. The van der Waals surface area contributed by atoms with E-state index in [1.54, 1.807) is 6.07 Å². The molecule has 1 rings (SSSR count). The minimum Gasteiger partial charge on any atom is -0.307 e. The molecule has 0 radical (unpaired) electrons. The standard InChI is InChI=1S/C8H9BrFN3O/c1-13(11)8(14)12-5-2-3-6(9)7(10)4-5/h2-4H,11H2,1H3,(H,12,14). The van der Waals surface area contributed by atoms with E-state index in [2.05, 4.69) is 21.2 Å². The number of nitrogens with zero attached hydrogens (tertiary/aromatic N) is 1. The molecular formula is C8H9BrFN3O. The zero-order valence-corrected chi connectivity index (χ0v) is 9.01. The maximum atomic E-state index is 13.0. The molecule has 0 aliphatic heterocycles. The van der Waals surface area contributed by atoms with E-state index in [0.717, 1.165) is 5.01 Å². The monoisotopic (exact) mass is 261 g/mol. The van der Waals surface area contributed by atoms with E-state index in [0.29, 0.717) is 10.2 Å². The molecule has 2 amide bonds. The molecule has 0 heterocycles. The minimum atomic E-state index is -0.508. The van der Waals surface area contributed by atoms with Crippen molar-refractivity contribution < 1.29 is 9.18 Å². The highest BCUT2D eigenvalue weighted by Gasteiger charge is 2.06. The third-order valence-electron chi connectivity index (χ3n) is 1.49. The van der Waals surface area contributed by atoms with Gasteiger partial charge in [0.05, 0.1) is 4.47 Å². The van der Waals surface area contributed by atoms with Crippen LogP contribution in [0.2, 0.25) is 0 Å². The van der Waals surface area contributed by atoms with Crippen LogP contribution >= 0.6 is 15.9 Å². The maximum absolute atomic E-state index is 13.0. The molecule has 0 atom stereocenters. The highest BCUT2D eigenvalue weighted by Crippen LogP contribution is 2.19. The van der Waals surface area contributed by atoms with Crippen molar-refractivity contribution in [1.82, 2.24) is 5.01 Å². The molecule has 0 aromatic heterocycles. The second kappa shape index (κ2) is 4.39. The summed E-state index contributed by atoms with van der Waals surface area (Å²) >= 11 is 3.00. The fourth-order valence-corrected chi connectivity index (χ4v) is 1.03. The Kier molecular flexibility index (Phi) is 3.43. The molecule has 0 saturated carbocycles. The summed E-state index contributed by atoms with van der Waals surface area (Å²) in [5.41, 5.74) is 0.355. The molecular weight excluding hydrogens is 253 g/mol. The van der Waals surface area contributed by atoms with Crippen LogP contribution in [0, 0.1) is 5.82 Å². The van der Waals surface area contributed by atoms with Gasteiger partial charge >= 0.3 is 6.03 Å². The predicted molar refractivity (Wildman–Crippen MR) is 55.1 cm³/mol. The Morgan fingerprint density at radius 1 is 1.64 bits per heavy atom. The van der Waals surface area contributed by atoms with Crippen LogP contribution in [0.15, 0.2) is 22.7 Å². The number of hydrazine groups is 1. The number of halogens is 2. The summed E-state index contributed by atoms with van der Waals surface area (Å²) in [7, 11) is 1.39. The van der Waals surface area contributed by atoms with Crippen LogP contribution in [0.5, 0.6) is 0 Å². The molecule has 14 heavy (non-hydrogen) atoms. The summed E-state index contributed by atoms with van der Waals surface area (Å²) in [5, 5.41) is 3.29. The van der Waals surface area contributed by atoms with Crippen LogP contribution in [-0.2, 0) is 0 Å². The van der Waals surface area contributed by atoms with Gasteiger partial charge in [0, 0.05) is 12.7 Å². The van der Waals surface area contributed by atoms with Crippen molar-refractivity contribution in [3.8, 4) is 0 Å². The van der Waals surface area contributed by atoms with Crippen molar-refractivity contribution in [2.45, 2.75) is 0 Å². The molecule has 0 saturated heterocycles. The third-order valence-corrected chi connectivity index (χ3v) is 2.13. The quantitative estimate of drug-likeness (QED) is 0.461. The molecule has 3 N–H and O–H groups in total. The SMILES string of the molecule is CN(N)C(=O)Nc1ccc(Br)c(F)c1. The van der Waals surface area contributed by atoms with E-state index in [4.69, 9.17) is 5.84 Å². The number of carbonyl (C=O) groups excluding carboxylic acids is 1. The maximum Gasteiger partial charge on any atom is 0.335 e. The average molecular weight is 262 g/mol. The number of urea groups is 1. The lowest BCUT2D eigenvalue weighted by Crippen LogP contribution is -2.36. The van der Waals surface area contributed by atoms with Crippen LogP contribution in [0.25, 0.3) is 0 Å². The molecule has 0 spiro atoms. The Morgan fingerprint density at radius 2 is 2.29 bits per heavy atom. The van der Waals surface area contributed by atoms with Gasteiger partial charge in [-0.05, 0) is 34.1 Å². The first-order valence-electron chi connectivity index (χ1n) is 3.75. The van der Waals surface area contributed by atoms with Gasteiger partial charge in [-0.3, -0.25) is 5.01 Å². The lowest BCUT2D eigenvalue weighted by atomic mass is 10.3. The zero-order valence-electron chi connectivity index (χ0n) is 7.42. The van der Waals surface area contributed by atoms with E-state index < -0.39 is 11.8 Å². The third kappa shape index (κ3) is 2.68. The fourth-order valence-electron chi connectivity index (χ4n) is 0.786. The Balaban J connectivity index is 2.78. The molecule has 0 aliphatic carbocycles. The number of benzene rings is 1. The van der Waals surface area contributed by atoms with E-state index in [-0.39, 0.29) is 0 Å². The van der Waals surface area contributed by atoms with Crippen LogP contribution < -0.4 is 11.2 Å². The second-order valence-corrected chi connectivity index (χ2v) is 3.52.